The second-order valence-corrected chi connectivity index (χ2v) is 4.21. The third kappa shape index (κ3) is 3.43. The lowest BCUT2D eigenvalue weighted by molar-refractivity contribution is -0.140. The zero-order valence-corrected chi connectivity index (χ0v) is 10.0. The molecular formula is C12H14F4O2. The van der Waals surface area contributed by atoms with Crippen molar-refractivity contribution in [2.24, 2.45) is 0 Å². The van der Waals surface area contributed by atoms with Gasteiger partial charge in [-0.3, -0.25) is 0 Å². The Hall–Kier alpha value is -1.14. The van der Waals surface area contributed by atoms with Crippen molar-refractivity contribution in [3.05, 3.63) is 35.1 Å². The van der Waals surface area contributed by atoms with Crippen LogP contribution in [0.4, 0.5) is 17.6 Å². The van der Waals surface area contributed by atoms with Crippen molar-refractivity contribution in [3.63, 3.8) is 0 Å². The van der Waals surface area contributed by atoms with Crippen LogP contribution in [0.3, 0.4) is 0 Å². The predicted molar refractivity (Wildman–Crippen MR) is 57.5 cm³/mol. The highest BCUT2D eigenvalue weighted by Crippen LogP contribution is 2.34. The predicted octanol–water partition coefficient (Wildman–Crippen LogP) is 3.09. The fraction of sp³-hybridized carbons (Fsp3) is 0.500. The van der Waals surface area contributed by atoms with Gasteiger partial charge in [-0.15, -0.1) is 0 Å². The van der Waals surface area contributed by atoms with Crippen LogP contribution in [0, 0.1) is 5.82 Å². The first-order valence-electron chi connectivity index (χ1n) is 5.27. The van der Waals surface area contributed by atoms with Gasteiger partial charge in [0.2, 0.25) is 0 Å². The average Bonchev–Trinajstić information content (AvgIpc) is 2.24. The highest BCUT2D eigenvalue weighted by Gasteiger charge is 2.35. The van der Waals surface area contributed by atoms with E-state index in [2.05, 4.69) is 0 Å². The summed E-state index contributed by atoms with van der Waals surface area (Å²) >= 11 is 0. The Morgan fingerprint density at radius 1 is 1.28 bits per heavy atom. The van der Waals surface area contributed by atoms with Crippen LogP contribution in [-0.4, -0.2) is 18.8 Å². The van der Waals surface area contributed by atoms with E-state index < -0.39 is 23.2 Å². The standard InChI is InChI=1S/C12H14F4O2/c1-11(17,5-6-18-2)8-3-4-9(10(13)7-8)12(14,15)16/h3-4,7,17H,5-6H2,1-2H3. The molecule has 0 bridgehead atoms. The Morgan fingerprint density at radius 2 is 1.89 bits per heavy atom. The van der Waals surface area contributed by atoms with Gasteiger partial charge in [0, 0.05) is 20.1 Å². The number of hydrogen-bond acceptors (Lipinski definition) is 2. The summed E-state index contributed by atoms with van der Waals surface area (Å²) in [6, 6.07) is 2.41. The molecule has 6 heteroatoms. The molecule has 0 heterocycles. The monoisotopic (exact) mass is 266 g/mol. The second-order valence-electron chi connectivity index (χ2n) is 4.21. The summed E-state index contributed by atoms with van der Waals surface area (Å²) in [5.74, 6) is -1.39. The van der Waals surface area contributed by atoms with Crippen molar-refractivity contribution in [1.29, 1.82) is 0 Å². The van der Waals surface area contributed by atoms with Gasteiger partial charge >= 0.3 is 6.18 Å². The van der Waals surface area contributed by atoms with Gasteiger partial charge in [0.15, 0.2) is 0 Å². The zero-order chi connectivity index (χ0) is 14.0. The van der Waals surface area contributed by atoms with Crippen molar-refractivity contribution in [3.8, 4) is 0 Å². The van der Waals surface area contributed by atoms with Crippen molar-refractivity contribution in [2.45, 2.75) is 25.1 Å². The molecular weight excluding hydrogens is 252 g/mol. The number of benzene rings is 1. The van der Waals surface area contributed by atoms with Crippen LogP contribution in [0.2, 0.25) is 0 Å². The van der Waals surface area contributed by atoms with Crippen LogP contribution in [0.15, 0.2) is 18.2 Å². The van der Waals surface area contributed by atoms with Crippen molar-refractivity contribution >= 4 is 0 Å². The summed E-state index contributed by atoms with van der Waals surface area (Å²) in [5.41, 5.74) is -2.68. The quantitative estimate of drug-likeness (QED) is 0.849. The summed E-state index contributed by atoms with van der Waals surface area (Å²) in [5, 5.41) is 10.0. The van der Waals surface area contributed by atoms with Crippen LogP contribution in [0.1, 0.15) is 24.5 Å². The third-order valence-corrected chi connectivity index (χ3v) is 2.69. The number of methoxy groups -OCH3 is 1. The van der Waals surface area contributed by atoms with E-state index in [1.807, 2.05) is 0 Å². The normalized spacial score (nSPS) is 15.5. The van der Waals surface area contributed by atoms with Gasteiger partial charge in [-0.25, -0.2) is 4.39 Å². The molecule has 1 unspecified atom stereocenters. The largest absolute Gasteiger partial charge is 0.419 e. The number of alkyl halides is 3. The molecule has 0 radical (unpaired) electrons. The maximum absolute atomic E-state index is 13.3. The van der Waals surface area contributed by atoms with E-state index in [1.165, 1.54) is 14.0 Å². The molecule has 1 N–H and O–H groups in total. The van der Waals surface area contributed by atoms with E-state index in [1.54, 1.807) is 0 Å². The fourth-order valence-electron chi connectivity index (χ4n) is 1.53. The molecule has 0 spiro atoms. The van der Waals surface area contributed by atoms with E-state index >= 15 is 0 Å². The minimum absolute atomic E-state index is 0.0880. The highest BCUT2D eigenvalue weighted by molar-refractivity contribution is 5.29. The average molecular weight is 266 g/mol. The number of aliphatic hydroxyl groups is 1. The lowest BCUT2D eigenvalue weighted by Gasteiger charge is -2.24. The first kappa shape index (κ1) is 14.9. The van der Waals surface area contributed by atoms with E-state index in [9.17, 15) is 22.7 Å². The molecule has 1 aromatic carbocycles. The molecule has 0 aliphatic heterocycles. The summed E-state index contributed by atoms with van der Waals surface area (Å²) in [7, 11) is 1.43. The van der Waals surface area contributed by atoms with E-state index in [0.29, 0.717) is 12.1 Å². The number of halogens is 4. The van der Waals surface area contributed by atoms with Gasteiger partial charge in [-0.2, -0.15) is 13.2 Å². The minimum atomic E-state index is -4.74. The molecule has 1 rings (SSSR count). The number of rotatable bonds is 4. The summed E-state index contributed by atoms with van der Waals surface area (Å²) in [6.07, 6.45) is -4.57. The zero-order valence-electron chi connectivity index (χ0n) is 10.0. The Labute approximate surface area is 102 Å². The molecule has 1 atom stereocenters. The highest BCUT2D eigenvalue weighted by atomic mass is 19.4. The lowest BCUT2D eigenvalue weighted by atomic mass is 9.92. The van der Waals surface area contributed by atoms with Crippen LogP contribution < -0.4 is 0 Å². The SMILES string of the molecule is COCCC(C)(O)c1ccc(C(F)(F)F)c(F)c1. The maximum Gasteiger partial charge on any atom is 0.419 e. The van der Waals surface area contributed by atoms with Crippen LogP contribution in [0.5, 0.6) is 0 Å². The van der Waals surface area contributed by atoms with Crippen LogP contribution in [0.25, 0.3) is 0 Å². The molecule has 0 fully saturated rings. The Balaban J connectivity index is 3.04. The van der Waals surface area contributed by atoms with Gasteiger partial charge in [0.25, 0.3) is 0 Å². The van der Waals surface area contributed by atoms with E-state index in [-0.39, 0.29) is 18.6 Å². The molecule has 0 amide bonds. The molecule has 0 saturated heterocycles. The smallest absolute Gasteiger partial charge is 0.385 e. The fourth-order valence-corrected chi connectivity index (χ4v) is 1.53. The third-order valence-electron chi connectivity index (χ3n) is 2.69. The van der Waals surface area contributed by atoms with Gasteiger partial charge in [-0.05, 0) is 24.6 Å². The Bertz CT molecular complexity index is 413. The lowest BCUT2D eigenvalue weighted by Crippen LogP contribution is -2.24. The molecule has 2 nitrogen and oxygen atoms in total. The topological polar surface area (TPSA) is 29.5 Å². The Kier molecular flexibility index (Phi) is 4.34. The van der Waals surface area contributed by atoms with Gasteiger partial charge in [0.05, 0.1) is 11.2 Å². The maximum atomic E-state index is 13.3. The molecule has 0 aliphatic carbocycles. The van der Waals surface area contributed by atoms with Gasteiger partial charge in [-0.1, -0.05) is 6.07 Å². The molecule has 18 heavy (non-hydrogen) atoms. The van der Waals surface area contributed by atoms with Crippen molar-refractivity contribution in [2.75, 3.05) is 13.7 Å². The second kappa shape index (κ2) is 5.24. The minimum Gasteiger partial charge on any atom is -0.385 e. The molecule has 0 aromatic heterocycles. The van der Waals surface area contributed by atoms with Crippen LogP contribution in [-0.2, 0) is 16.5 Å². The van der Waals surface area contributed by atoms with Crippen molar-refractivity contribution in [1.82, 2.24) is 0 Å². The summed E-state index contributed by atoms with van der Waals surface area (Å²) in [4.78, 5) is 0. The van der Waals surface area contributed by atoms with Gasteiger partial charge < -0.3 is 9.84 Å². The van der Waals surface area contributed by atoms with Crippen LogP contribution >= 0.6 is 0 Å². The first-order valence-corrected chi connectivity index (χ1v) is 5.27. The molecule has 102 valence electrons. The Morgan fingerprint density at radius 3 is 2.33 bits per heavy atom. The number of ether oxygens (including phenoxy) is 1. The summed E-state index contributed by atoms with van der Waals surface area (Å²) < 4.78 is 55.2. The van der Waals surface area contributed by atoms with Crippen molar-refractivity contribution < 1.29 is 27.4 Å². The van der Waals surface area contributed by atoms with E-state index in [0.717, 1.165) is 6.07 Å². The summed E-state index contributed by atoms with van der Waals surface area (Å²) in [6.45, 7) is 1.61. The molecule has 1 aromatic rings. The molecule has 0 saturated carbocycles. The first-order chi connectivity index (χ1) is 8.18. The number of hydrogen-bond donors (Lipinski definition) is 1. The van der Waals surface area contributed by atoms with E-state index in [4.69, 9.17) is 4.74 Å². The molecule has 0 aliphatic rings. The van der Waals surface area contributed by atoms with Gasteiger partial charge in [0.1, 0.15) is 5.82 Å².